The van der Waals surface area contributed by atoms with Gasteiger partial charge in [-0.3, -0.25) is 0 Å². The molecule has 0 aromatic carbocycles. The minimum atomic E-state index is -0.850. The Kier molecular flexibility index (Phi) is 6.15. The summed E-state index contributed by atoms with van der Waals surface area (Å²) in [6, 6.07) is 2.14. The summed E-state index contributed by atoms with van der Waals surface area (Å²) in [4.78, 5) is 12.1. The van der Waals surface area contributed by atoms with Gasteiger partial charge in [0.2, 0.25) is 5.06 Å². The summed E-state index contributed by atoms with van der Waals surface area (Å²) in [6.07, 6.45) is 7.49. The van der Waals surface area contributed by atoms with E-state index in [1.807, 2.05) is 0 Å². The highest BCUT2D eigenvalue weighted by molar-refractivity contribution is 7.29. The zero-order valence-electron chi connectivity index (χ0n) is 11.2. The van der Waals surface area contributed by atoms with Crippen LogP contribution in [-0.4, -0.2) is 5.43 Å². The lowest BCUT2D eigenvalue weighted by Gasteiger charge is -1.98. The molecule has 0 bridgehead atoms. The molecule has 0 spiro atoms. The number of carbonyl (C=O) groups is 1. The van der Waals surface area contributed by atoms with Gasteiger partial charge in [-0.2, -0.15) is 0 Å². The average molecular weight is 351 g/mol. The second-order valence-electron chi connectivity index (χ2n) is 4.61. The first kappa shape index (κ1) is 16.1. The number of hydrogen-bond donors (Lipinski definition) is 0. The Labute approximate surface area is 136 Å². The molecule has 2 aromatic heterocycles. The number of fused-ring (bicyclic) bond motifs is 1. The lowest BCUT2D eigenvalue weighted by Crippen LogP contribution is -1.93. The maximum absolute atomic E-state index is 10.8. The zero-order chi connectivity index (χ0) is 14.5. The summed E-state index contributed by atoms with van der Waals surface area (Å²) in [5, 5.41) is 0.892. The Morgan fingerprint density at radius 2 is 2.00 bits per heavy atom. The highest BCUT2D eigenvalue weighted by Crippen LogP contribution is 2.46. The molecule has 0 radical (unpaired) electrons. The van der Waals surface area contributed by atoms with Crippen LogP contribution in [-0.2, 0) is 6.42 Å². The molecule has 0 aliphatic carbocycles. The second kappa shape index (κ2) is 7.64. The van der Waals surface area contributed by atoms with Gasteiger partial charge in [-0.05, 0) is 18.9 Å². The van der Waals surface area contributed by atoms with Crippen LogP contribution >= 0.6 is 45.9 Å². The van der Waals surface area contributed by atoms with Gasteiger partial charge >= 0.3 is 5.43 Å². The van der Waals surface area contributed by atoms with E-state index < -0.39 is 5.43 Å². The predicted molar refractivity (Wildman–Crippen MR) is 89.1 cm³/mol. The lowest BCUT2D eigenvalue weighted by atomic mass is 10.1. The van der Waals surface area contributed by atoms with Crippen LogP contribution < -0.4 is 4.74 Å². The minimum Gasteiger partial charge on any atom is -0.402 e. The number of thiophene rings is 2. The zero-order valence-corrected chi connectivity index (χ0v) is 14.4. The molecule has 0 aliphatic rings. The third kappa shape index (κ3) is 4.10. The monoisotopic (exact) mass is 350 g/mol. The predicted octanol–water partition coefficient (Wildman–Crippen LogP) is 6.87. The molecule has 0 atom stereocenters. The van der Waals surface area contributed by atoms with Crippen molar-refractivity contribution in [2.75, 3.05) is 0 Å². The van der Waals surface area contributed by atoms with Crippen LogP contribution in [0.25, 0.3) is 9.40 Å². The fourth-order valence-electron chi connectivity index (χ4n) is 2.05. The minimum absolute atomic E-state index is 0.391. The van der Waals surface area contributed by atoms with Crippen molar-refractivity contribution in [2.45, 2.75) is 45.4 Å². The Morgan fingerprint density at radius 1 is 1.25 bits per heavy atom. The SMILES string of the molecule is CCCCCCCc1cc2sc(OC(=O)Cl)c(Cl)c2s1. The van der Waals surface area contributed by atoms with Gasteiger partial charge in [-0.25, -0.2) is 4.79 Å². The fourth-order valence-corrected chi connectivity index (χ4v) is 4.93. The maximum Gasteiger partial charge on any atom is 0.410 e. The van der Waals surface area contributed by atoms with Gasteiger partial charge in [0.25, 0.3) is 0 Å². The summed E-state index contributed by atoms with van der Waals surface area (Å²) in [6.45, 7) is 2.22. The number of aryl methyl sites for hydroxylation is 1. The van der Waals surface area contributed by atoms with Crippen LogP contribution in [0, 0.1) is 0 Å². The van der Waals surface area contributed by atoms with Crippen molar-refractivity contribution in [1.29, 1.82) is 0 Å². The van der Waals surface area contributed by atoms with E-state index in [0.717, 1.165) is 15.8 Å². The fraction of sp³-hybridized carbons (Fsp3) is 0.500. The number of halogens is 2. The summed E-state index contributed by atoms with van der Waals surface area (Å²) in [7, 11) is 0. The van der Waals surface area contributed by atoms with Crippen LogP contribution in [0.4, 0.5) is 4.79 Å². The third-order valence-electron chi connectivity index (χ3n) is 3.03. The number of rotatable bonds is 7. The maximum atomic E-state index is 10.8. The van der Waals surface area contributed by atoms with E-state index in [2.05, 4.69) is 13.0 Å². The van der Waals surface area contributed by atoms with Gasteiger partial charge in [-0.15, -0.1) is 11.3 Å². The van der Waals surface area contributed by atoms with Crippen molar-refractivity contribution in [3.8, 4) is 5.06 Å². The molecule has 2 rings (SSSR count). The molecule has 2 nitrogen and oxygen atoms in total. The third-order valence-corrected chi connectivity index (χ3v) is 6.05. The van der Waals surface area contributed by atoms with Gasteiger partial charge in [-0.1, -0.05) is 55.5 Å². The van der Waals surface area contributed by atoms with E-state index in [1.54, 1.807) is 11.3 Å². The highest BCUT2D eigenvalue weighted by Gasteiger charge is 2.16. The molecule has 0 saturated heterocycles. The normalized spacial score (nSPS) is 11.2. The first-order chi connectivity index (χ1) is 9.61. The van der Waals surface area contributed by atoms with Crippen LogP contribution in [0.5, 0.6) is 5.06 Å². The van der Waals surface area contributed by atoms with E-state index in [0.29, 0.717) is 10.1 Å². The molecular formula is C14H16Cl2O2S2. The smallest absolute Gasteiger partial charge is 0.402 e. The molecule has 6 heteroatoms. The Balaban J connectivity index is 1.98. The number of carbonyl (C=O) groups excluding carboxylic acids is 1. The molecule has 20 heavy (non-hydrogen) atoms. The summed E-state index contributed by atoms with van der Waals surface area (Å²) in [5.41, 5.74) is -0.850. The van der Waals surface area contributed by atoms with Gasteiger partial charge in [0.15, 0.2) is 0 Å². The summed E-state index contributed by atoms with van der Waals surface area (Å²) < 4.78 is 6.93. The molecule has 110 valence electrons. The van der Waals surface area contributed by atoms with Crippen molar-refractivity contribution in [3.63, 3.8) is 0 Å². The van der Waals surface area contributed by atoms with Crippen LogP contribution in [0.2, 0.25) is 5.02 Å². The quantitative estimate of drug-likeness (QED) is 0.402. The molecule has 0 saturated carbocycles. The molecule has 0 aliphatic heterocycles. The Bertz CT molecular complexity index is 589. The second-order valence-corrected chi connectivity index (χ2v) is 7.45. The number of ether oxygens (including phenoxy) is 1. The van der Waals surface area contributed by atoms with E-state index in [9.17, 15) is 4.79 Å². The molecule has 0 fully saturated rings. The topological polar surface area (TPSA) is 26.3 Å². The Hall–Kier alpha value is -0.290. The lowest BCUT2D eigenvalue weighted by molar-refractivity contribution is 0.227. The largest absolute Gasteiger partial charge is 0.410 e. The van der Waals surface area contributed by atoms with E-state index in [4.69, 9.17) is 27.9 Å². The van der Waals surface area contributed by atoms with Crippen molar-refractivity contribution in [3.05, 3.63) is 16.0 Å². The van der Waals surface area contributed by atoms with Gasteiger partial charge < -0.3 is 4.74 Å². The first-order valence-electron chi connectivity index (χ1n) is 6.69. The van der Waals surface area contributed by atoms with Gasteiger partial charge in [0.05, 0.1) is 9.40 Å². The summed E-state index contributed by atoms with van der Waals surface area (Å²) in [5.74, 6) is 0. The molecule has 0 unspecified atom stereocenters. The number of hydrogen-bond acceptors (Lipinski definition) is 4. The van der Waals surface area contributed by atoms with Crippen LogP contribution in [0.3, 0.4) is 0 Å². The van der Waals surface area contributed by atoms with E-state index in [1.165, 1.54) is 48.3 Å². The standard InChI is InChI=1S/C14H16Cl2O2S2/c1-2-3-4-5-6-7-9-8-10-12(19-9)11(15)13(20-10)18-14(16)17/h8H,2-7H2,1H3. The van der Waals surface area contributed by atoms with Crippen molar-refractivity contribution < 1.29 is 9.53 Å². The Morgan fingerprint density at radius 3 is 2.65 bits per heavy atom. The first-order valence-corrected chi connectivity index (χ1v) is 9.08. The number of unbranched alkanes of at least 4 members (excludes halogenated alkanes) is 4. The van der Waals surface area contributed by atoms with Gasteiger partial charge in [0, 0.05) is 16.5 Å². The van der Waals surface area contributed by atoms with E-state index in [-0.39, 0.29) is 0 Å². The molecule has 2 aromatic rings. The van der Waals surface area contributed by atoms with E-state index >= 15 is 0 Å². The molecular weight excluding hydrogens is 335 g/mol. The van der Waals surface area contributed by atoms with Crippen LogP contribution in [0.1, 0.15) is 43.9 Å². The van der Waals surface area contributed by atoms with Crippen molar-refractivity contribution >= 4 is 60.7 Å². The molecule has 2 heterocycles. The average Bonchev–Trinajstić information content (AvgIpc) is 2.90. The van der Waals surface area contributed by atoms with Crippen molar-refractivity contribution in [1.82, 2.24) is 0 Å². The van der Waals surface area contributed by atoms with Crippen LogP contribution in [0.15, 0.2) is 6.07 Å². The molecule has 0 N–H and O–H groups in total. The van der Waals surface area contributed by atoms with Crippen molar-refractivity contribution in [2.24, 2.45) is 0 Å². The van der Waals surface area contributed by atoms with Gasteiger partial charge in [0.1, 0.15) is 5.02 Å². The molecule has 0 amide bonds. The highest BCUT2D eigenvalue weighted by atomic mass is 35.5. The summed E-state index contributed by atoms with van der Waals surface area (Å²) >= 11 is 14.5.